The zero-order valence-electron chi connectivity index (χ0n) is 21.9. The summed E-state index contributed by atoms with van der Waals surface area (Å²) in [6.07, 6.45) is -0.459. The van der Waals surface area contributed by atoms with Crippen LogP contribution in [0.2, 0.25) is 10.0 Å². The number of nitrogens with one attached hydrogen (secondary N) is 3. The number of benzene rings is 2. The molecule has 0 radical (unpaired) electrons. The van der Waals surface area contributed by atoms with Crippen LogP contribution >= 0.6 is 23.2 Å². The first-order valence-electron chi connectivity index (χ1n) is 12.1. The van der Waals surface area contributed by atoms with E-state index in [9.17, 15) is 4.79 Å². The lowest BCUT2D eigenvalue weighted by atomic mass is 10.2. The SMILES string of the molecule is COc1nc(Nc2ccc(Cl)cc2Cl)c2cc(NCCOCCOCCNC(=O)OC(C)(C)C)ccc2n1. The minimum atomic E-state index is -0.522. The molecule has 3 N–H and O–H groups in total. The number of carbonyl (C=O) groups is 1. The van der Waals surface area contributed by atoms with Crippen LogP contribution in [0, 0.1) is 0 Å². The van der Waals surface area contributed by atoms with Crippen molar-refractivity contribution in [2.45, 2.75) is 26.4 Å². The fourth-order valence-corrected chi connectivity index (χ4v) is 3.71. The third-order valence-corrected chi connectivity index (χ3v) is 5.45. The summed E-state index contributed by atoms with van der Waals surface area (Å²) >= 11 is 12.4. The molecule has 206 valence electrons. The first kappa shape index (κ1) is 29.5. The Balaban J connectivity index is 1.44. The fourth-order valence-electron chi connectivity index (χ4n) is 3.25. The minimum Gasteiger partial charge on any atom is -0.467 e. The third-order valence-electron chi connectivity index (χ3n) is 4.90. The van der Waals surface area contributed by atoms with Gasteiger partial charge in [0.05, 0.1) is 49.8 Å². The number of anilines is 3. The van der Waals surface area contributed by atoms with E-state index in [1.165, 1.54) is 7.11 Å². The van der Waals surface area contributed by atoms with Crippen LogP contribution in [0.5, 0.6) is 6.01 Å². The van der Waals surface area contributed by atoms with Crippen LogP contribution in [-0.2, 0) is 14.2 Å². The molecule has 0 bridgehead atoms. The van der Waals surface area contributed by atoms with Crippen molar-refractivity contribution in [3.05, 3.63) is 46.4 Å². The maximum absolute atomic E-state index is 11.6. The van der Waals surface area contributed by atoms with Gasteiger partial charge in [0.15, 0.2) is 0 Å². The molecule has 1 amide bonds. The number of methoxy groups -OCH3 is 1. The molecule has 0 aliphatic heterocycles. The summed E-state index contributed by atoms with van der Waals surface area (Å²) in [6, 6.07) is 11.2. The Bertz CT molecular complexity index is 1220. The van der Waals surface area contributed by atoms with Crippen molar-refractivity contribution in [1.29, 1.82) is 0 Å². The van der Waals surface area contributed by atoms with Crippen LogP contribution in [0.3, 0.4) is 0 Å². The lowest BCUT2D eigenvalue weighted by Crippen LogP contribution is -2.34. The van der Waals surface area contributed by atoms with E-state index >= 15 is 0 Å². The Morgan fingerprint density at radius 2 is 1.68 bits per heavy atom. The molecule has 38 heavy (non-hydrogen) atoms. The monoisotopic (exact) mass is 565 g/mol. The van der Waals surface area contributed by atoms with Crippen LogP contribution in [0.25, 0.3) is 10.9 Å². The van der Waals surface area contributed by atoms with Gasteiger partial charge < -0.3 is 34.9 Å². The molecule has 0 unspecified atom stereocenters. The van der Waals surface area contributed by atoms with Crippen molar-refractivity contribution in [3.63, 3.8) is 0 Å². The topological polar surface area (TPSA) is 116 Å². The second-order valence-corrected chi connectivity index (χ2v) is 9.96. The number of ether oxygens (including phenoxy) is 4. The van der Waals surface area contributed by atoms with Gasteiger partial charge in [-0.3, -0.25) is 0 Å². The summed E-state index contributed by atoms with van der Waals surface area (Å²) in [5.74, 6) is 0.550. The normalized spacial score (nSPS) is 11.3. The maximum Gasteiger partial charge on any atom is 0.407 e. The van der Waals surface area contributed by atoms with Crippen LogP contribution in [0.4, 0.5) is 22.0 Å². The molecule has 3 aromatic rings. The highest BCUT2D eigenvalue weighted by Crippen LogP contribution is 2.32. The fraction of sp³-hybridized carbons (Fsp3) is 0.423. The lowest BCUT2D eigenvalue weighted by Gasteiger charge is -2.19. The number of carbonyl (C=O) groups excluding carboxylic acids is 1. The van der Waals surface area contributed by atoms with Gasteiger partial charge in [-0.1, -0.05) is 23.2 Å². The standard InChI is InChI=1S/C26H33Cl2N5O5/c1-26(2,3)38-25(34)30-10-12-37-14-13-36-11-9-29-18-6-8-21-19(16-18)23(33-24(32-21)35-4)31-22-7-5-17(27)15-20(22)28/h5-8,15-16,29H,9-14H2,1-4H3,(H,30,34)(H,31,32,33). The van der Waals surface area contributed by atoms with E-state index in [-0.39, 0.29) is 6.01 Å². The molecule has 0 aliphatic rings. The van der Waals surface area contributed by atoms with Gasteiger partial charge in [-0.05, 0) is 57.2 Å². The molecule has 0 atom stereocenters. The highest BCUT2D eigenvalue weighted by molar-refractivity contribution is 6.36. The maximum atomic E-state index is 11.6. The number of halogens is 2. The van der Waals surface area contributed by atoms with Crippen molar-refractivity contribution < 1.29 is 23.7 Å². The zero-order valence-corrected chi connectivity index (χ0v) is 23.4. The summed E-state index contributed by atoms with van der Waals surface area (Å²) in [6.45, 7) is 8.13. The van der Waals surface area contributed by atoms with Gasteiger partial charge in [0.25, 0.3) is 0 Å². The van der Waals surface area contributed by atoms with E-state index < -0.39 is 11.7 Å². The molecular weight excluding hydrogens is 533 g/mol. The Hall–Kier alpha value is -3.05. The van der Waals surface area contributed by atoms with Gasteiger partial charge in [-0.2, -0.15) is 9.97 Å². The number of amides is 1. The van der Waals surface area contributed by atoms with Crippen LogP contribution in [-0.4, -0.2) is 68.3 Å². The number of hydrogen-bond donors (Lipinski definition) is 3. The average Bonchev–Trinajstić information content (AvgIpc) is 2.85. The third kappa shape index (κ3) is 9.68. The second kappa shape index (κ2) is 14.2. The molecule has 3 rings (SSSR count). The smallest absolute Gasteiger partial charge is 0.407 e. The largest absolute Gasteiger partial charge is 0.467 e. The Kier molecular flexibility index (Phi) is 11.0. The predicted octanol–water partition coefficient (Wildman–Crippen LogP) is 5.66. The van der Waals surface area contributed by atoms with E-state index in [1.807, 2.05) is 39.0 Å². The molecule has 10 nitrogen and oxygen atoms in total. The molecule has 0 aliphatic carbocycles. The van der Waals surface area contributed by atoms with Gasteiger partial charge in [0.1, 0.15) is 11.4 Å². The Morgan fingerprint density at radius 3 is 2.37 bits per heavy atom. The van der Waals surface area contributed by atoms with Crippen molar-refractivity contribution in [2.24, 2.45) is 0 Å². The number of hydrogen-bond acceptors (Lipinski definition) is 9. The molecule has 2 aromatic carbocycles. The van der Waals surface area contributed by atoms with Crippen molar-refractivity contribution in [3.8, 4) is 6.01 Å². The van der Waals surface area contributed by atoms with E-state index in [2.05, 4.69) is 25.9 Å². The second-order valence-electron chi connectivity index (χ2n) is 9.12. The van der Waals surface area contributed by atoms with Gasteiger partial charge in [0.2, 0.25) is 0 Å². The number of nitrogens with zero attached hydrogens (tertiary/aromatic N) is 2. The molecule has 0 saturated carbocycles. The van der Waals surface area contributed by atoms with Crippen molar-refractivity contribution >= 4 is 57.4 Å². The van der Waals surface area contributed by atoms with Crippen molar-refractivity contribution in [2.75, 3.05) is 57.3 Å². The first-order chi connectivity index (χ1) is 18.1. The highest BCUT2D eigenvalue weighted by Gasteiger charge is 2.15. The molecule has 0 fully saturated rings. The average molecular weight is 566 g/mol. The van der Waals surface area contributed by atoms with E-state index in [0.717, 1.165) is 11.1 Å². The van der Waals surface area contributed by atoms with E-state index in [1.54, 1.807) is 18.2 Å². The highest BCUT2D eigenvalue weighted by atomic mass is 35.5. The molecule has 1 heterocycles. The first-order valence-corrected chi connectivity index (χ1v) is 12.8. The predicted molar refractivity (Wildman–Crippen MR) is 150 cm³/mol. The van der Waals surface area contributed by atoms with Crippen LogP contribution in [0.1, 0.15) is 20.8 Å². The summed E-state index contributed by atoms with van der Waals surface area (Å²) < 4.78 is 21.5. The minimum absolute atomic E-state index is 0.238. The molecule has 0 spiro atoms. The molecule has 0 saturated heterocycles. The number of aromatic nitrogens is 2. The van der Waals surface area contributed by atoms with E-state index in [0.29, 0.717) is 66.6 Å². The van der Waals surface area contributed by atoms with Gasteiger partial charge in [0, 0.05) is 29.2 Å². The van der Waals surface area contributed by atoms with Crippen molar-refractivity contribution in [1.82, 2.24) is 15.3 Å². The summed E-state index contributed by atoms with van der Waals surface area (Å²) in [4.78, 5) is 20.5. The number of fused-ring (bicyclic) bond motifs is 1. The van der Waals surface area contributed by atoms with Gasteiger partial charge >= 0.3 is 12.1 Å². The van der Waals surface area contributed by atoms with Gasteiger partial charge in [-0.15, -0.1) is 0 Å². The molecule has 1 aromatic heterocycles. The van der Waals surface area contributed by atoms with Crippen LogP contribution in [0.15, 0.2) is 36.4 Å². The van der Waals surface area contributed by atoms with Gasteiger partial charge in [-0.25, -0.2) is 4.79 Å². The summed E-state index contributed by atoms with van der Waals surface area (Å²) in [7, 11) is 1.52. The van der Waals surface area contributed by atoms with E-state index in [4.69, 9.17) is 42.1 Å². The lowest BCUT2D eigenvalue weighted by molar-refractivity contribution is 0.0415. The Morgan fingerprint density at radius 1 is 0.947 bits per heavy atom. The quantitative estimate of drug-likeness (QED) is 0.226. The number of alkyl carbamates (subject to hydrolysis) is 1. The molecule has 12 heteroatoms. The Labute approximate surface area is 232 Å². The molecular formula is C26H33Cl2N5O5. The van der Waals surface area contributed by atoms with Crippen LogP contribution < -0.4 is 20.7 Å². The summed E-state index contributed by atoms with van der Waals surface area (Å²) in [5, 5.41) is 11.0. The number of rotatable bonds is 13. The zero-order chi connectivity index (χ0) is 27.5. The summed E-state index contributed by atoms with van der Waals surface area (Å²) in [5.41, 5.74) is 1.73.